The summed E-state index contributed by atoms with van der Waals surface area (Å²) in [5.74, 6) is 0.484. The lowest BCUT2D eigenvalue weighted by molar-refractivity contribution is -0.123. The van der Waals surface area contributed by atoms with Crippen LogP contribution in [0, 0.1) is 13.8 Å². The summed E-state index contributed by atoms with van der Waals surface area (Å²) in [6.07, 6.45) is 1.99. The van der Waals surface area contributed by atoms with Gasteiger partial charge in [-0.25, -0.2) is 0 Å². The van der Waals surface area contributed by atoms with Gasteiger partial charge in [0.25, 0.3) is 11.8 Å². The number of ether oxygens (including phenoxy) is 2. The van der Waals surface area contributed by atoms with Crippen LogP contribution in [0.15, 0.2) is 40.9 Å². The second kappa shape index (κ2) is 12.3. The number of halogens is 1. The van der Waals surface area contributed by atoms with E-state index in [2.05, 4.69) is 39.0 Å². The van der Waals surface area contributed by atoms with Gasteiger partial charge in [0.1, 0.15) is 11.5 Å². The van der Waals surface area contributed by atoms with E-state index in [1.54, 1.807) is 18.2 Å². The SMILES string of the molecule is CCCCOc1ccc(C(=O)NC(=S)NNC(=O)COc2c(C)cccc2C)cc1Br. The van der Waals surface area contributed by atoms with Gasteiger partial charge in [0.15, 0.2) is 11.7 Å². The first-order valence-corrected chi connectivity index (χ1v) is 11.0. The molecular formula is C22H26BrN3O4S. The highest BCUT2D eigenvalue weighted by atomic mass is 79.9. The number of carbonyl (C=O) groups excluding carboxylic acids is 2. The van der Waals surface area contributed by atoms with Crippen molar-refractivity contribution in [3.05, 3.63) is 57.6 Å². The first kappa shape index (κ1) is 24.6. The molecule has 0 atom stereocenters. The first-order valence-electron chi connectivity index (χ1n) is 9.83. The molecule has 0 fully saturated rings. The van der Waals surface area contributed by atoms with Crippen LogP contribution in [-0.4, -0.2) is 30.1 Å². The Morgan fingerprint density at radius 3 is 2.42 bits per heavy atom. The van der Waals surface area contributed by atoms with Crippen LogP contribution in [0.5, 0.6) is 11.5 Å². The van der Waals surface area contributed by atoms with E-state index in [1.807, 2.05) is 32.0 Å². The van der Waals surface area contributed by atoms with Gasteiger partial charge in [0.05, 0.1) is 11.1 Å². The Kier molecular flexibility index (Phi) is 9.74. The number of carbonyl (C=O) groups is 2. The zero-order valence-electron chi connectivity index (χ0n) is 17.7. The molecule has 0 saturated heterocycles. The molecule has 0 bridgehead atoms. The quantitative estimate of drug-likeness (QED) is 0.284. The lowest BCUT2D eigenvalue weighted by atomic mass is 10.1. The number of hydrogen-bond donors (Lipinski definition) is 3. The number of benzene rings is 2. The Labute approximate surface area is 196 Å². The van der Waals surface area contributed by atoms with Crippen molar-refractivity contribution in [1.82, 2.24) is 16.2 Å². The smallest absolute Gasteiger partial charge is 0.276 e. The highest BCUT2D eigenvalue weighted by molar-refractivity contribution is 9.10. The predicted molar refractivity (Wildman–Crippen MR) is 127 cm³/mol. The zero-order valence-corrected chi connectivity index (χ0v) is 20.1. The molecule has 0 unspecified atom stereocenters. The number of hydrogen-bond acceptors (Lipinski definition) is 5. The van der Waals surface area contributed by atoms with Crippen LogP contribution in [0.1, 0.15) is 41.3 Å². The van der Waals surface area contributed by atoms with E-state index >= 15 is 0 Å². The average Bonchev–Trinajstić information content (AvgIpc) is 2.73. The fourth-order valence-corrected chi connectivity index (χ4v) is 3.26. The van der Waals surface area contributed by atoms with Gasteiger partial charge in [0, 0.05) is 5.56 Å². The van der Waals surface area contributed by atoms with E-state index in [-0.39, 0.29) is 11.7 Å². The normalized spacial score (nSPS) is 10.2. The minimum Gasteiger partial charge on any atom is -0.492 e. The molecule has 31 heavy (non-hydrogen) atoms. The molecule has 0 saturated carbocycles. The number of thiocarbonyl (C=S) groups is 1. The van der Waals surface area contributed by atoms with E-state index in [4.69, 9.17) is 21.7 Å². The zero-order chi connectivity index (χ0) is 22.8. The molecule has 2 rings (SSSR count). The van der Waals surface area contributed by atoms with Crippen molar-refractivity contribution in [2.75, 3.05) is 13.2 Å². The first-order chi connectivity index (χ1) is 14.8. The van der Waals surface area contributed by atoms with Crippen molar-refractivity contribution in [2.24, 2.45) is 0 Å². The Bertz CT molecular complexity index is 932. The van der Waals surface area contributed by atoms with Crippen LogP contribution in [0.2, 0.25) is 0 Å². The van der Waals surface area contributed by atoms with E-state index in [1.165, 1.54) is 0 Å². The van der Waals surface area contributed by atoms with Gasteiger partial charge in [0.2, 0.25) is 0 Å². The fourth-order valence-electron chi connectivity index (χ4n) is 2.62. The van der Waals surface area contributed by atoms with Crippen LogP contribution in [0.4, 0.5) is 0 Å². The summed E-state index contributed by atoms with van der Waals surface area (Å²) in [5, 5.41) is 2.47. The molecule has 2 aromatic rings. The summed E-state index contributed by atoms with van der Waals surface area (Å²) in [7, 11) is 0. The van der Waals surface area contributed by atoms with E-state index in [0.717, 1.165) is 24.0 Å². The van der Waals surface area contributed by atoms with Gasteiger partial charge in [-0.05, 0) is 77.7 Å². The van der Waals surface area contributed by atoms with Crippen LogP contribution in [0.3, 0.4) is 0 Å². The van der Waals surface area contributed by atoms with Crippen LogP contribution >= 0.6 is 28.1 Å². The Morgan fingerprint density at radius 2 is 1.77 bits per heavy atom. The summed E-state index contributed by atoms with van der Waals surface area (Å²) in [5.41, 5.74) is 7.17. The monoisotopic (exact) mass is 507 g/mol. The maximum Gasteiger partial charge on any atom is 0.276 e. The summed E-state index contributed by atoms with van der Waals surface area (Å²) < 4.78 is 11.9. The number of hydrazine groups is 1. The van der Waals surface area contributed by atoms with E-state index in [9.17, 15) is 9.59 Å². The molecule has 0 aliphatic carbocycles. The van der Waals surface area contributed by atoms with Crippen molar-refractivity contribution in [2.45, 2.75) is 33.6 Å². The van der Waals surface area contributed by atoms with E-state index < -0.39 is 11.8 Å². The number of unbranched alkanes of at least 4 members (excludes halogenated alkanes) is 1. The van der Waals surface area contributed by atoms with Crippen molar-refractivity contribution < 1.29 is 19.1 Å². The molecule has 0 radical (unpaired) electrons. The molecule has 0 aliphatic rings. The molecule has 0 aromatic heterocycles. The molecule has 0 heterocycles. The molecule has 9 heteroatoms. The maximum absolute atomic E-state index is 12.4. The highest BCUT2D eigenvalue weighted by Gasteiger charge is 2.12. The minimum atomic E-state index is -0.435. The predicted octanol–water partition coefficient (Wildman–Crippen LogP) is 3.96. The maximum atomic E-state index is 12.4. The molecule has 0 spiro atoms. The van der Waals surface area contributed by atoms with Crippen molar-refractivity contribution >= 4 is 45.1 Å². The molecule has 0 aliphatic heterocycles. The third-order valence-corrected chi connectivity index (χ3v) is 5.07. The van der Waals surface area contributed by atoms with Gasteiger partial charge in [-0.3, -0.25) is 25.8 Å². The molecule has 2 aromatic carbocycles. The Balaban J connectivity index is 1.79. The largest absolute Gasteiger partial charge is 0.492 e. The van der Waals surface area contributed by atoms with Crippen molar-refractivity contribution in [3.63, 3.8) is 0 Å². The van der Waals surface area contributed by atoms with Gasteiger partial charge in [-0.15, -0.1) is 0 Å². The van der Waals surface area contributed by atoms with E-state index in [0.29, 0.717) is 28.1 Å². The third kappa shape index (κ3) is 7.84. The molecular weight excluding hydrogens is 482 g/mol. The Hall–Kier alpha value is -2.65. The second-order valence-electron chi connectivity index (χ2n) is 6.81. The van der Waals surface area contributed by atoms with Gasteiger partial charge in [-0.1, -0.05) is 31.5 Å². The number of nitrogens with one attached hydrogen (secondary N) is 3. The second-order valence-corrected chi connectivity index (χ2v) is 8.08. The van der Waals surface area contributed by atoms with Crippen molar-refractivity contribution in [1.29, 1.82) is 0 Å². The van der Waals surface area contributed by atoms with Crippen LogP contribution in [0.25, 0.3) is 0 Å². The molecule has 166 valence electrons. The summed E-state index contributed by atoms with van der Waals surface area (Å²) >= 11 is 8.47. The number of aryl methyl sites for hydroxylation is 2. The topological polar surface area (TPSA) is 88.7 Å². The van der Waals surface area contributed by atoms with Gasteiger partial charge < -0.3 is 9.47 Å². The average molecular weight is 508 g/mol. The summed E-state index contributed by atoms with van der Waals surface area (Å²) in [6.45, 7) is 6.32. The number of rotatable bonds is 8. The Morgan fingerprint density at radius 1 is 1.06 bits per heavy atom. The number of para-hydroxylation sites is 1. The third-order valence-electron chi connectivity index (χ3n) is 4.25. The minimum absolute atomic E-state index is 0.0372. The highest BCUT2D eigenvalue weighted by Crippen LogP contribution is 2.26. The lowest BCUT2D eigenvalue weighted by Crippen LogP contribution is -2.49. The van der Waals surface area contributed by atoms with Crippen LogP contribution in [-0.2, 0) is 4.79 Å². The van der Waals surface area contributed by atoms with Crippen molar-refractivity contribution in [3.8, 4) is 11.5 Å². The van der Waals surface area contributed by atoms with Gasteiger partial charge in [-0.2, -0.15) is 0 Å². The van der Waals surface area contributed by atoms with Gasteiger partial charge >= 0.3 is 0 Å². The fraction of sp³-hybridized carbons (Fsp3) is 0.318. The standard InChI is InChI=1S/C22H26BrN3O4S/c1-4-5-11-29-18-10-9-16(12-17(18)23)21(28)24-22(31)26-25-19(27)13-30-20-14(2)7-6-8-15(20)3/h6-10,12H,4-5,11,13H2,1-3H3,(H,25,27)(H2,24,26,28,31). The number of amides is 2. The summed E-state index contributed by atoms with van der Waals surface area (Å²) in [4.78, 5) is 24.4. The molecule has 7 nitrogen and oxygen atoms in total. The molecule has 3 N–H and O–H groups in total. The lowest BCUT2D eigenvalue weighted by Gasteiger charge is -2.14. The molecule has 2 amide bonds. The summed E-state index contributed by atoms with van der Waals surface area (Å²) in [6, 6.07) is 10.7. The van der Waals surface area contributed by atoms with Crippen LogP contribution < -0.4 is 25.6 Å².